The molecule has 0 aromatic rings. The van der Waals surface area contributed by atoms with E-state index < -0.39 is 6.04 Å². The molecule has 90 valence electrons. The van der Waals surface area contributed by atoms with E-state index >= 15 is 0 Å². The summed E-state index contributed by atoms with van der Waals surface area (Å²) in [5.41, 5.74) is 5.46. The van der Waals surface area contributed by atoms with Crippen LogP contribution in [-0.4, -0.2) is 57.4 Å². The van der Waals surface area contributed by atoms with Crippen molar-refractivity contribution in [2.75, 3.05) is 40.5 Å². The van der Waals surface area contributed by atoms with Gasteiger partial charge in [0.2, 0.25) is 5.91 Å². The monoisotopic (exact) mass is 218 g/mol. The highest BCUT2D eigenvalue weighted by molar-refractivity contribution is 5.80. The second-order valence-corrected chi connectivity index (χ2v) is 3.51. The van der Waals surface area contributed by atoms with E-state index in [1.165, 1.54) is 0 Å². The van der Waals surface area contributed by atoms with E-state index in [1.54, 1.807) is 26.0 Å². The molecule has 0 fully saturated rings. The van der Waals surface area contributed by atoms with E-state index in [9.17, 15) is 4.79 Å². The number of carbonyl (C=O) groups excluding carboxylic acids is 1. The van der Waals surface area contributed by atoms with Crippen molar-refractivity contribution in [1.82, 2.24) is 4.90 Å². The average Bonchev–Trinajstić information content (AvgIpc) is 2.21. The maximum atomic E-state index is 11.3. The minimum absolute atomic E-state index is 0.0597. The summed E-state index contributed by atoms with van der Waals surface area (Å²) in [5.74, 6) is -0.0597. The molecule has 1 amide bonds. The maximum Gasteiger partial charge on any atom is 0.239 e. The van der Waals surface area contributed by atoms with Crippen LogP contribution in [0.4, 0.5) is 0 Å². The van der Waals surface area contributed by atoms with E-state index in [2.05, 4.69) is 0 Å². The lowest BCUT2D eigenvalue weighted by atomic mass is 10.3. The van der Waals surface area contributed by atoms with Gasteiger partial charge in [0.1, 0.15) is 0 Å². The van der Waals surface area contributed by atoms with Crippen LogP contribution in [0.5, 0.6) is 0 Å². The number of carbonyl (C=O) groups is 1. The summed E-state index contributed by atoms with van der Waals surface area (Å²) in [4.78, 5) is 12.9. The van der Waals surface area contributed by atoms with Gasteiger partial charge in [-0.2, -0.15) is 0 Å². The lowest BCUT2D eigenvalue weighted by Crippen LogP contribution is -2.41. The summed E-state index contributed by atoms with van der Waals surface area (Å²) >= 11 is 0. The van der Waals surface area contributed by atoms with Crippen LogP contribution in [0.1, 0.15) is 13.3 Å². The van der Waals surface area contributed by atoms with Crippen molar-refractivity contribution in [2.45, 2.75) is 19.4 Å². The van der Waals surface area contributed by atoms with E-state index in [-0.39, 0.29) is 5.91 Å². The predicted octanol–water partition coefficient (Wildman–Crippen LogP) is -0.155. The van der Waals surface area contributed by atoms with Crippen LogP contribution in [0.2, 0.25) is 0 Å². The Balaban J connectivity index is 3.39. The molecule has 0 aromatic heterocycles. The topological polar surface area (TPSA) is 64.8 Å². The summed E-state index contributed by atoms with van der Waals surface area (Å²) in [5, 5.41) is 0. The van der Waals surface area contributed by atoms with Crippen LogP contribution < -0.4 is 5.73 Å². The first-order valence-corrected chi connectivity index (χ1v) is 5.16. The molecule has 0 spiro atoms. The Morgan fingerprint density at radius 2 is 2.07 bits per heavy atom. The van der Waals surface area contributed by atoms with Crippen LogP contribution in [0.25, 0.3) is 0 Å². The van der Waals surface area contributed by atoms with Crippen LogP contribution >= 0.6 is 0 Å². The van der Waals surface area contributed by atoms with Gasteiger partial charge in [-0.25, -0.2) is 0 Å². The standard InChI is InChI=1S/C10H22N2O3/c1-9(11)10(13)12(2)5-8-15-7-4-6-14-3/h9H,4-8,11H2,1-3H3. The van der Waals surface area contributed by atoms with Gasteiger partial charge >= 0.3 is 0 Å². The molecule has 15 heavy (non-hydrogen) atoms. The number of nitrogens with two attached hydrogens (primary N) is 1. The Labute approximate surface area is 91.5 Å². The van der Waals surface area contributed by atoms with Crippen molar-refractivity contribution >= 4 is 5.91 Å². The van der Waals surface area contributed by atoms with Gasteiger partial charge < -0.3 is 20.1 Å². The molecule has 0 aliphatic heterocycles. The summed E-state index contributed by atoms with van der Waals surface area (Å²) in [6.07, 6.45) is 0.876. The zero-order valence-electron chi connectivity index (χ0n) is 9.86. The summed E-state index contributed by atoms with van der Waals surface area (Å²) in [6, 6.07) is -0.441. The third-order valence-corrected chi connectivity index (χ3v) is 1.97. The van der Waals surface area contributed by atoms with E-state index in [0.717, 1.165) is 6.42 Å². The Hall–Kier alpha value is -0.650. The lowest BCUT2D eigenvalue weighted by molar-refractivity contribution is -0.131. The number of nitrogens with zero attached hydrogens (tertiary/aromatic N) is 1. The van der Waals surface area contributed by atoms with Gasteiger partial charge in [0, 0.05) is 33.9 Å². The molecule has 0 aromatic carbocycles. The molecular formula is C10H22N2O3. The highest BCUT2D eigenvalue weighted by Gasteiger charge is 2.12. The predicted molar refractivity (Wildman–Crippen MR) is 58.6 cm³/mol. The number of hydrogen-bond acceptors (Lipinski definition) is 4. The number of rotatable bonds is 8. The molecule has 1 atom stereocenters. The number of methoxy groups -OCH3 is 1. The first kappa shape index (κ1) is 14.3. The van der Waals surface area contributed by atoms with Gasteiger partial charge in [-0.3, -0.25) is 4.79 Å². The smallest absolute Gasteiger partial charge is 0.239 e. The Morgan fingerprint density at radius 3 is 2.60 bits per heavy atom. The highest BCUT2D eigenvalue weighted by Crippen LogP contribution is 1.90. The van der Waals surface area contributed by atoms with E-state index in [1.807, 2.05) is 0 Å². The molecule has 0 saturated heterocycles. The fourth-order valence-electron chi connectivity index (χ4n) is 1.07. The van der Waals surface area contributed by atoms with Crippen molar-refractivity contribution < 1.29 is 14.3 Å². The van der Waals surface area contributed by atoms with Crippen LogP contribution in [0, 0.1) is 0 Å². The number of likely N-dealkylation sites (N-methyl/N-ethyl adjacent to an activating group) is 1. The minimum Gasteiger partial charge on any atom is -0.385 e. The van der Waals surface area contributed by atoms with Crippen molar-refractivity contribution in [3.63, 3.8) is 0 Å². The molecule has 1 unspecified atom stereocenters. The summed E-state index contributed by atoms with van der Waals surface area (Å²) in [6.45, 7) is 4.16. The quantitative estimate of drug-likeness (QED) is 0.575. The number of hydrogen-bond donors (Lipinski definition) is 1. The Bertz CT molecular complexity index is 174. The molecule has 0 aliphatic carbocycles. The second kappa shape index (κ2) is 8.64. The van der Waals surface area contributed by atoms with Gasteiger partial charge in [-0.1, -0.05) is 0 Å². The fourth-order valence-corrected chi connectivity index (χ4v) is 1.07. The molecule has 0 aliphatic rings. The third kappa shape index (κ3) is 7.30. The van der Waals surface area contributed by atoms with Gasteiger partial charge in [0.05, 0.1) is 12.6 Å². The second-order valence-electron chi connectivity index (χ2n) is 3.51. The number of amides is 1. The largest absolute Gasteiger partial charge is 0.385 e. The molecule has 0 radical (unpaired) electrons. The zero-order valence-corrected chi connectivity index (χ0v) is 9.86. The minimum atomic E-state index is -0.441. The summed E-state index contributed by atoms with van der Waals surface area (Å²) < 4.78 is 10.2. The highest BCUT2D eigenvalue weighted by atomic mass is 16.5. The molecule has 0 saturated carbocycles. The van der Waals surface area contributed by atoms with Crippen LogP contribution in [-0.2, 0) is 14.3 Å². The molecular weight excluding hydrogens is 196 g/mol. The first-order chi connectivity index (χ1) is 7.09. The van der Waals surface area contributed by atoms with E-state index in [0.29, 0.717) is 26.4 Å². The lowest BCUT2D eigenvalue weighted by Gasteiger charge is -2.19. The van der Waals surface area contributed by atoms with Crippen molar-refractivity contribution in [1.29, 1.82) is 0 Å². The molecule has 0 bridgehead atoms. The van der Waals surface area contributed by atoms with Crippen molar-refractivity contribution in [3.05, 3.63) is 0 Å². The average molecular weight is 218 g/mol. The Kier molecular flexibility index (Phi) is 8.27. The van der Waals surface area contributed by atoms with E-state index in [4.69, 9.17) is 15.2 Å². The SMILES string of the molecule is COCCCOCCN(C)C(=O)C(C)N. The Morgan fingerprint density at radius 1 is 1.40 bits per heavy atom. The van der Waals surface area contributed by atoms with Crippen molar-refractivity contribution in [2.24, 2.45) is 5.73 Å². The van der Waals surface area contributed by atoms with Gasteiger partial charge in [0.25, 0.3) is 0 Å². The maximum absolute atomic E-state index is 11.3. The van der Waals surface area contributed by atoms with Gasteiger partial charge in [-0.15, -0.1) is 0 Å². The summed E-state index contributed by atoms with van der Waals surface area (Å²) in [7, 11) is 3.39. The first-order valence-electron chi connectivity index (χ1n) is 5.16. The third-order valence-electron chi connectivity index (χ3n) is 1.97. The van der Waals surface area contributed by atoms with Gasteiger partial charge in [0.15, 0.2) is 0 Å². The molecule has 5 heteroatoms. The fraction of sp³-hybridized carbons (Fsp3) is 0.900. The van der Waals surface area contributed by atoms with Crippen LogP contribution in [0.3, 0.4) is 0 Å². The molecule has 0 heterocycles. The van der Waals surface area contributed by atoms with Crippen LogP contribution in [0.15, 0.2) is 0 Å². The molecule has 0 rings (SSSR count). The number of ether oxygens (including phenoxy) is 2. The molecule has 5 nitrogen and oxygen atoms in total. The van der Waals surface area contributed by atoms with Crippen molar-refractivity contribution in [3.8, 4) is 0 Å². The molecule has 2 N–H and O–H groups in total. The van der Waals surface area contributed by atoms with Gasteiger partial charge in [-0.05, 0) is 13.3 Å². The zero-order chi connectivity index (χ0) is 11.7. The normalized spacial score (nSPS) is 12.5.